The molecule has 0 unspecified atom stereocenters. The van der Waals surface area contributed by atoms with Crippen molar-refractivity contribution in [3.63, 3.8) is 0 Å². The summed E-state index contributed by atoms with van der Waals surface area (Å²) in [6.45, 7) is 4.63. The van der Waals surface area contributed by atoms with Crippen LogP contribution in [0.4, 0.5) is 0 Å². The standard InChI is InChI=1S/C55H39N3.CH4/c1-55(2)50-23-12-11-20-47(50)48-29-28-40(34-51(48)55)53-56-52(38-16-7-4-8-17-38)57-54(58-53)43-31-41(37-26-24-36(25-27-37)35-14-5-3-6-15-35)30-42(32-43)45-21-13-22-46-44-19-10-9-18-39(44)33-49(45)46;/h3-32,34H,33H2,1-2H3;1H4. The van der Waals surface area contributed by atoms with Crippen molar-refractivity contribution < 1.29 is 0 Å². The SMILES string of the molecule is C.CC1(C)c2ccccc2-c2ccc(-c3nc(-c4ccccc4)nc(-c4cc(-c5ccc(-c6ccccc6)cc5)cc(-c5cccc6c5Cc5ccccc5-6)c4)n3)cc21. The van der Waals surface area contributed by atoms with E-state index in [9.17, 15) is 0 Å². The van der Waals surface area contributed by atoms with Gasteiger partial charge in [-0.15, -0.1) is 0 Å². The van der Waals surface area contributed by atoms with E-state index >= 15 is 0 Å². The number of hydrogen-bond acceptors (Lipinski definition) is 3. The van der Waals surface area contributed by atoms with Crippen molar-refractivity contribution in [2.24, 2.45) is 0 Å². The Morgan fingerprint density at radius 2 is 0.831 bits per heavy atom. The molecule has 0 amide bonds. The zero-order valence-electron chi connectivity index (χ0n) is 32.4. The van der Waals surface area contributed by atoms with E-state index in [1.807, 2.05) is 18.2 Å². The highest BCUT2D eigenvalue weighted by atomic mass is 15.0. The molecule has 0 spiro atoms. The van der Waals surface area contributed by atoms with Gasteiger partial charge >= 0.3 is 0 Å². The molecule has 0 saturated carbocycles. The van der Waals surface area contributed by atoms with Crippen molar-refractivity contribution >= 4 is 0 Å². The Morgan fingerprint density at radius 3 is 1.58 bits per heavy atom. The number of hydrogen-bond donors (Lipinski definition) is 0. The van der Waals surface area contributed by atoms with Crippen LogP contribution in [0.25, 0.3) is 89.8 Å². The molecule has 3 nitrogen and oxygen atoms in total. The van der Waals surface area contributed by atoms with Crippen molar-refractivity contribution in [1.29, 1.82) is 0 Å². The lowest BCUT2D eigenvalue weighted by atomic mass is 9.82. The number of nitrogens with zero attached hydrogens (tertiary/aromatic N) is 3. The van der Waals surface area contributed by atoms with Gasteiger partial charge in [-0.1, -0.05) is 185 Å². The van der Waals surface area contributed by atoms with E-state index in [0.717, 1.165) is 39.8 Å². The summed E-state index contributed by atoms with van der Waals surface area (Å²) in [4.78, 5) is 15.7. The summed E-state index contributed by atoms with van der Waals surface area (Å²) in [5, 5.41) is 0. The van der Waals surface area contributed by atoms with E-state index in [0.29, 0.717) is 17.5 Å². The van der Waals surface area contributed by atoms with E-state index in [1.54, 1.807) is 0 Å². The third kappa shape index (κ3) is 6.18. The second-order valence-electron chi connectivity index (χ2n) is 16.0. The molecule has 1 aromatic heterocycles. The molecule has 282 valence electrons. The summed E-state index contributed by atoms with van der Waals surface area (Å²) in [7, 11) is 0. The van der Waals surface area contributed by atoms with Gasteiger partial charge < -0.3 is 0 Å². The molecule has 0 aliphatic heterocycles. The van der Waals surface area contributed by atoms with Crippen LogP contribution in [0.1, 0.15) is 43.5 Å². The number of aromatic nitrogens is 3. The highest BCUT2D eigenvalue weighted by Crippen LogP contribution is 2.49. The van der Waals surface area contributed by atoms with Crippen LogP contribution >= 0.6 is 0 Å². The van der Waals surface area contributed by atoms with Gasteiger partial charge in [-0.3, -0.25) is 0 Å². The summed E-state index contributed by atoms with van der Waals surface area (Å²) in [5.41, 5.74) is 20.3. The molecule has 8 aromatic carbocycles. The summed E-state index contributed by atoms with van der Waals surface area (Å²) in [6, 6.07) is 67.6. The molecule has 59 heavy (non-hydrogen) atoms. The Labute approximate surface area is 346 Å². The fourth-order valence-corrected chi connectivity index (χ4v) is 9.19. The Balaban J connectivity index is 0.00000420. The predicted octanol–water partition coefficient (Wildman–Crippen LogP) is 14.4. The molecule has 2 aliphatic carbocycles. The summed E-state index contributed by atoms with van der Waals surface area (Å²) in [5.74, 6) is 1.96. The Kier molecular flexibility index (Phi) is 8.76. The van der Waals surface area contributed by atoms with E-state index in [2.05, 4.69) is 184 Å². The van der Waals surface area contributed by atoms with Crippen LogP contribution in [0, 0.1) is 0 Å². The Morgan fingerprint density at radius 1 is 0.339 bits per heavy atom. The topological polar surface area (TPSA) is 38.7 Å². The van der Waals surface area contributed by atoms with Gasteiger partial charge in [-0.2, -0.15) is 0 Å². The average Bonchev–Trinajstić information content (AvgIpc) is 3.78. The Bertz CT molecular complexity index is 3040. The molecule has 9 aromatic rings. The van der Waals surface area contributed by atoms with Crippen molar-refractivity contribution in [3.05, 3.63) is 210 Å². The van der Waals surface area contributed by atoms with E-state index in [4.69, 9.17) is 15.0 Å². The number of rotatable bonds is 6. The first-order chi connectivity index (χ1) is 28.5. The third-order valence-corrected chi connectivity index (χ3v) is 12.2. The molecule has 0 bridgehead atoms. The quantitative estimate of drug-likeness (QED) is 0.170. The monoisotopic (exact) mass is 757 g/mol. The van der Waals surface area contributed by atoms with Crippen LogP contribution in [-0.2, 0) is 11.8 Å². The highest BCUT2D eigenvalue weighted by Gasteiger charge is 2.35. The average molecular weight is 758 g/mol. The maximum atomic E-state index is 5.33. The first-order valence-corrected chi connectivity index (χ1v) is 20.1. The van der Waals surface area contributed by atoms with Crippen LogP contribution in [0.15, 0.2) is 188 Å². The van der Waals surface area contributed by atoms with Gasteiger partial charge in [0.2, 0.25) is 0 Å². The van der Waals surface area contributed by atoms with E-state index in [1.165, 1.54) is 61.2 Å². The van der Waals surface area contributed by atoms with Gasteiger partial charge in [0.25, 0.3) is 0 Å². The highest BCUT2D eigenvalue weighted by molar-refractivity contribution is 5.89. The molecule has 2 aliphatic rings. The van der Waals surface area contributed by atoms with Crippen molar-refractivity contribution in [2.45, 2.75) is 33.1 Å². The maximum absolute atomic E-state index is 5.33. The molecule has 0 N–H and O–H groups in total. The minimum absolute atomic E-state index is 0. The van der Waals surface area contributed by atoms with Crippen LogP contribution in [-0.4, -0.2) is 15.0 Å². The van der Waals surface area contributed by atoms with Gasteiger partial charge in [0.15, 0.2) is 17.5 Å². The van der Waals surface area contributed by atoms with Crippen molar-refractivity contribution in [2.75, 3.05) is 0 Å². The second kappa shape index (κ2) is 14.3. The molecule has 11 rings (SSSR count). The van der Waals surface area contributed by atoms with Gasteiger partial charge in [-0.25, -0.2) is 15.0 Å². The lowest BCUT2D eigenvalue weighted by molar-refractivity contribution is 0.660. The molecule has 3 heteroatoms. The first-order valence-electron chi connectivity index (χ1n) is 20.1. The van der Waals surface area contributed by atoms with E-state index < -0.39 is 0 Å². The number of benzene rings is 8. The zero-order chi connectivity index (χ0) is 38.8. The number of fused-ring (bicyclic) bond motifs is 6. The second-order valence-corrected chi connectivity index (χ2v) is 16.0. The molecule has 0 fully saturated rings. The smallest absolute Gasteiger partial charge is 0.164 e. The minimum Gasteiger partial charge on any atom is -0.208 e. The normalized spacial score (nSPS) is 12.8. The molecule has 1 heterocycles. The third-order valence-electron chi connectivity index (χ3n) is 12.2. The fraction of sp³-hybridized carbons (Fsp3) is 0.0893. The summed E-state index contributed by atoms with van der Waals surface area (Å²) < 4.78 is 0. The summed E-state index contributed by atoms with van der Waals surface area (Å²) >= 11 is 0. The Hall–Kier alpha value is -7.23. The lowest BCUT2D eigenvalue weighted by Crippen LogP contribution is -2.15. The van der Waals surface area contributed by atoms with Crippen molar-refractivity contribution in [1.82, 2.24) is 15.0 Å². The van der Waals surface area contributed by atoms with E-state index in [-0.39, 0.29) is 12.8 Å². The molecule has 0 atom stereocenters. The first kappa shape index (κ1) is 36.1. The maximum Gasteiger partial charge on any atom is 0.164 e. The van der Waals surface area contributed by atoms with Gasteiger partial charge in [0.05, 0.1) is 0 Å². The lowest BCUT2D eigenvalue weighted by Gasteiger charge is -2.21. The zero-order valence-corrected chi connectivity index (χ0v) is 32.4. The predicted molar refractivity (Wildman–Crippen MR) is 245 cm³/mol. The van der Waals surface area contributed by atoms with Crippen LogP contribution in [0.3, 0.4) is 0 Å². The molecule has 0 radical (unpaired) electrons. The fourth-order valence-electron chi connectivity index (χ4n) is 9.19. The van der Waals surface area contributed by atoms with Crippen LogP contribution in [0.5, 0.6) is 0 Å². The molecule has 0 saturated heterocycles. The van der Waals surface area contributed by atoms with Crippen LogP contribution in [0.2, 0.25) is 0 Å². The summed E-state index contributed by atoms with van der Waals surface area (Å²) in [6.07, 6.45) is 0.902. The molecular formula is C56H43N3. The van der Waals surface area contributed by atoms with Crippen LogP contribution < -0.4 is 0 Å². The van der Waals surface area contributed by atoms with Gasteiger partial charge in [-0.05, 0) is 109 Å². The van der Waals surface area contributed by atoms with Gasteiger partial charge in [0.1, 0.15) is 0 Å². The van der Waals surface area contributed by atoms with Crippen molar-refractivity contribution in [3.8, 4) is 89.8 Å². The largest absolute Gasteiger partial charge is 0.208 e. The van der Waals surface area contributed by atoms with Gasteiger partial charge in [0, 0.05) is 22.1 Å². The minimum atomic E-state index is -0.144. The molecular weight excluding hydrogens is 715 g/mol.